The molecule has 0 amide bonds. The molecule has 2 rings (SSSR count). The molecule has 0 unspecified atom stereocenters. The lowest BCUT2D eigenvalue weighted by atomic mass is 9.95. The second kappa shape index (κ2) is 3.33. The van der Waals surface area contributed by atoms with Crippen molar-refractivity contribution in [2.24, 2.45) is 5.92 Å². The van der Waals surface area contributed by atoms with Gasteiger partial charge in [0.1, 0.15) is 12.4 Å². The van der Waals surface area contributed by atoms with Crippen molar-refractivity contribution in [1.82, 2.24) is 0 Å². The van der Waals surface area contributed by atoms with E-state index < -0.39 is 11.9 Å². The van der Waals surface area contributed by atoms with Crippen LogP contribution in [0.1, 0.15) is 11.1 Å². The van der Waals surface area contributed by atoms with Gasteiger partial charge in [-0.2, -0.15) is 0 Å². The maximum atomic E-state index is 10.8. The molecule has 3 nitrogen and oxygen atoms in total. The fourth-order valence-electron chi connectivity index (χ4n) is 1.75. The van der Waals surface area contributed by atoms with Crippen LogP contribution in [-0.2, 0) is 11.2 Å². The highest BCUT2D eigenvalue weighted by Crippen LogP contribution is 2.30. The van der Waals surface area contributed by atoms with E-state index in [-0.39, 0.29) is 6.61 Å². The lowest BCUT2D eigenvalue weighted by Gasteiger charge is -2.23. The van der Waals surface area contributed by atoms with E-state index in [1.807, 2.05) is 25.1 Å². The van der Waals surface area contributed by atoms with Crippen LogP contribution in [0.5, 0.6) is 5.75 Å². The predicted molar refractivity (Wildman–Crippen MR) is 51.5 cm³/mol. The van der Waals surface area contributed by atoms with Crippen molar-refractivity contribution in [1.29, 1.82) is 0 Å². The van der Waals surface area contributed by atoms with Gasteiger partial charge in [-0.25, -0.2) is 0 Å². The largest absolute Gasteiger partial charge is 0.492 e. The summed E-state index contributed by atoms with van der Waals surface area (Å²) >= 11 is 0. The second-order valence-corrected chi connectivity index (χ2v) is 3.61. The van der Waals surface area contributed by atoms with E-state index in [1.165, 1.54) is 0 Å². The second-order valence-electron chi connectivity index (χ2n) is 3.61. The average molecular weight is 192 g/mol. The number of carbonyl (C=O) groups is 1. The van der Waals surface area contributed by atoms with Crippen molar-refractivity contribution >= 4 is 5.97 Å². The van der Waals surface area contributed by atoms with Crippen molar-refractivity contribution in [2.75, 3.05) is 6.61 Å². The molecule has 0 fully saturated rings. The molecule has 1 aliphatic rings. The predicted octanol–water partition coefficient (Wildman–Crippen LogP) is 1.63. The van der Waals surface area contributed by atoms with Gasteiger partial charge in [0.15, 0.2) is 0 Å². The highest BCUT2D eigenvalue weighted by molar-refractivity contribution is 5.71. The van der Waals surface area contributed by atoms with Gasteiger partial charge in [0, 0.05) is 0 Å². The van der Waals surface area contributed by atoms with E-state index >= 15 is 0 Å². The highest BCUT2D eigenvalue weighted by Gasteiger charge is 2.25. The molecule has 0 aromatic heterocycles. The molecule has 1 N–H and O–H groups in total. The molecule has 74 valence electrons. The molecule has 1 aliphatic heterocycles. The Kier molecular flexibility index (Phi) is 2.15. The van der Waals surface area contributed by atoms with E-state index in [1.54, 1.807) is 0 Å². The van der Waals surface area contributed by atoms with Gasteiger partial charge >= 0.3 is 5.97 Å². The zero-order valence-electron chi connectivity index (χ0n) is 7.99. The quantitative estimate of drug-likeness (QED) is 0.735. The lowest BCUT2D eigenvalue weighted by molar-refractivity contribution is -0.143. The van der Waals surface area contributed by atoms with Crippen molar-refractivity contribution in [2.45, 2.75) is 13.3 Å². The minimum atomic E-state index is -0.780. The van der Waals surface area contributed by atoms with Crippen LogP contribution in [0.15, 0.2) is 18.2 Å². The number of carboxylic acid groups (broad SMARTS) is 1. The number of benzene rings is 1. The summed E-state index contributed by atoms with van der Waals surface area (Å²) in [5, 5.41) is 8.85. The summed E-state index contributed by atoms with van der Waals surface area (Å²) < 4.78 is 5.45. The van der Waals surface area contributed by atoms with Crippen LogP contribution in [0.2, 0.25) is 0 Å². The number of hydrogen-bond acceptors (Lipinski definition) is 2. The Balaban J connectivity index is 2.31. The summed E-state index contributed by atoms with van der Waals surface area (Å²) in [6.07, 6.45) is 0.576. The van der Waals surface area contributed by atoms with E-state index in [0.29, 0.717) is 6.42 Å². The Morgan fingerprint density at radius 2 is 2.36 bits per heavy atom. The fourth-order valence-corrected chi connectivity index (χ4v) is 1.75. The van der Waals surface area contributed by atoms with Gasteiger partial charge in [0.25, 0.3) is 0 Å². The first-order valence-corrected chi connectivity index (χ1v) is 4.62. The first kappa shape index (κ1) is 9.06. The molecule has 1 aromatic rings. The topological polar surface area (TPSA) is 46.5 Å². The number of rotatable bonds is 1. The summed E-state index contributed by atoms with van der Waals surface area (Å²) in [5.41, 5.74) is 2.08. The van der Waals surface area contributed by atoms with Gasteiger partial charge in [0.05, 0.1) is 5.92 Å². The molecule has 0 bridgehead atoms. The van der Waals surface area contributed by atoms with E-state index in [9.17, 15) is 4.79 Å². The molecule has 0 aliphatic carbocycles. The monoisotopic (exact) mass is 192 g/mol. The van der Waals surface area contributed by atoms with Gasteiger partial charge in [-0.15, -0.1) is 0 Å². The van der Waals surface area contributed by atoms with Gasteiger partial charge in [-0.3, -0.25) is 4.79 Å². The summed E-state index contributed by atoms with van der Waals surface area (Å²) in [5.74, 6) is -0.313. The van der Waals surface area contributed by atoms with Crippen LogP contribution in [0.3, 0.4) is 0 Å². The zero-order valence-corrected chi connectivity index (χ0v) is 7.99. The van der Waals surface area contributed by atoms with Gasteiger partial charge < -0.3 is 9.84 Å². The Hall–Kier alpha value is -1.51. The molecular weight excluding hydrogens is 180 g/mol. The number of hydrogen-bond donors (Lipinski definition) is 1. The third-order valence-electron chi connectivity index (χ3n) is 2.54. The highest BCUT2D eigenvalue weighted by atomic mass is 16.5. The van der Waals surface area contributed by atoms with Crippen molar-refractivity contribution < 1.29 is 14.6 Å². The Morgan fingerprint density at radius 1 is 1.57 bits per heavy atom. The molecular formula is C11H12O3. The molecule has 3 heteroatoms. The maximum absolute atomic E-state index is 10.8. The number of aryl methyl sites for hydroxylation is 1. The number of para-hydroxylation sites is 1. The summed E-state index contributed by atoms with van der Waals surface area (Å²) in [7, 11) is 0. The standard InChI is InChI=1S/C11H12O3/c1-7-3-2-4-8-5-9(11(12)13)6-14-10(7)8/h2-4,9H,5-6H2,1H3,(H,12,13)/t9-/m0/s1. The average Bonchev–Trinajstić information content (AvgIpc) is 2.17. The maximum Gasteiger partial charge on any atom is 0.310 e. The molecule has 1 heterocycles. The van der Waals surface area contributed by atoms with Crippen LogP contribution < -0.4 is 4.74 Å². The zero-order chi connectivity index (χ0) is 10.1. The smallest absolute Gasteiger partial charge is 0.310 e. The normalized spacial score (nSPS) is 19.6. The molecule has 14 heavy (non-hydrogen) atoms. The minimum absolute atomic E-state index is 0.285. The van der Waals surface area contributed by atoms with Crippen LogP contribution in [0, 0.1) is 12.8 Å². The molecule has 0 radical (unpaired) electrons. The Bertz CT molecular complexity index is 371. The van der Waals surface area contributed by atoms with Crippen LogP contribution in [0.4, 0.5) is 0 Å². The molecule has 1 atom stereocenters. The Morgan fingerprint density at radius 3 is 3.07 bits per heavy atom. The van der Waals surface area contributed by atoms with Gasteiger partial charge in [-0.05, 0) is 24.5 Å². The fraction of sp³-hybridized carbons (Fsp3) is 0.364. The van der Waals surface area contributed by atoms with Crippen LogP contribution >= 0.6 is 0 Å². The third kappa shape index (κ3) is 1.45. The number of ether oxygens (including phenoxy) is 1. The van der Waals surface area contributed by atoms with Gasteiger partial charge in [-0.1, -0.05) is 18.2 Å². The van der Waals surface area contributed by atoms with Crippen molar-refractivity contribution in [3.05, 3.63) is 29.3 Å². The molecule has 0 saturated carbocycles. The lowest BCUT2D eigenvalue weighted by Crippen LogP contribution is -2.28. The molecule has 0 saturated heterocycles. The number of fused-ring (bicyclic) bond motifs is 1. The molecule has 0 spiro atoms. The summed E-state index contributed by atoms with van der Waals surface area (Å²) in [4.78, 5) is 10.8. The Labute approximate surface area is 82.3 Å². The molecule has 1 aromatic carbocycles. The van der Waals surface area contributed by atoms with Crippen molar-refractivity contribution in [3.8, 4) is 5.75 Å². The minimum Gasteiger partial charge on any atom is -0.492 e. The number of aliphatic carboxylic acids is 1. The number of carboxylic acids is 1. The van der Waals surface area contributed by atoms with Crippen molar-refractivity contribution in [3.63, 3.8) is 0 Å². The SMILES string of the molecule is Cc1cccc2c1OC[C@@H](C(=O)O)C2. The first-order valence-electron chi connectivity index (χ1n) is 4.62. The van der Waals surface area contributed by atoms with Crippen LogP contribution in [0.25, 0.3) is 0 Å². The van der Waals surface area contributed by atoms with E-state index in [4.69, 9.17) is 9.84 Å². The summed E-state index contributed by atoms with van der Waals surface area (Å²) in [6, 6.07) is 5.83. The van der Waals surface area contributed by atoms with E-state index in [2.05, 4.69) is 0 Å². The summed E-state index contributed by atoms with van der Waals surface area (Å²) in [6.45, 7) is 2.26. The van der Waals surface area contributed by atoms with E-state index in [0.717, 1.165) is 16.9 Å². The third-order valence-corrected chi connectivity index (χ3v) is 2.54. The van der Waals surface area contributed by atoms with Crippen LogP contribution in [-0.4, -0.2) is 17.7 Å². The van der Waals surface area contributed by atoms with Gasteiger partial charge in [0.2, 0.25) is 0 Å². The first-order chi connectivity index (χ1) is 6.68.